The van der Waals surface area contributed by atoms with Crippen LogP contribution in [0.3, 0.4) is 0 Å². The van der Waals surface area contributed by atoms with Gasteiger partial charge >= 0.3 is 0 Å². The van der Waals surface area contributed by atoms with Crippen molar-refractivity contribution >= 4 is 11.0 Å². The summed E-state index contributed by atoms with van der Waals surface area (Å²) in [6, 6.07) is 15.2. The van der Waals surface area contributed by atoms with Gasteiger partial charge in [0.25, 0.3) is 0 Å². The molecule has 0 fully saturated rings. The summed E-state index contributed by atoms with van der Waals surface area (Å²) >= 11 is 0. The maximum absolute atomic E-state index is 4.80. The van der Waals surface area contributed by atoms with E-state index in [1.807, 2.05) is 18.3 Å². The lowest BCUT2D eigenvalue weighted by Crippen LogP contribution is -2.25. The van der Waals surface area contributed by atoms with Gasteiger partial charge in [0, 0.05) is 23.8 Å². The highest BCUT2D eigenvalue weighted by Gasteiger charge is 2.24. The van der Waals surface area contributed by atoms with Gasteiger partial charge in [-0.05, 0) is 70.4 Å². The monoisotopic (exact) mass is 401 g/mol. The average Bonchev–Trinajstić information content (AvgIpc) is 3.38. The summed E-state index contributed by atoms with van der Waals surface area (Å²) in [4.78, 5) is 0. The molecule has 0 bridgehead atoms. The van der Waals surface area contributed by atoms with Crippen LogP contribution in [-0.2, 0) is 18.4 Å². The van der Waals surface area contributed by atoms with Crippen LogP contribution in [0.5, 0.6) is 0 Å². The largest absolute Gasteiger partial charge is 0.306 e. The predicted molar refractivity (Wildman–Crippen MR) is 117 cm³/mol. The van der Waals surface area contributed by atoms with Crippen LogP contribution in [-0.4, -0.2) is 20.1 Å². The molecule has 0 saturated heterocycles. The number of nitrogens with one attached hydrogen (secondary N) is 1. The summed E-state index contributed by atoms with van der Waals surface area (Å²) in [5.74, 6) is 0. The number of nitrogens with zero attached hydrogens (tertiary/aromatic N) is 4. The number of fused-ring (bicyclic) bond motifs is 2. The molecule has 1 aliphatic rings. The molecule has 154 valence electrons. The summed E-state index contributed by atoms with van der Waals surface area (Å²) < 4.78 is 6.91. The Hall–Kier alpha value is -2.99. The molecule has 2 heterocycles. The fourth-order valence-electron chi connectivity index (χ4n) is 4.27. The lowest BCUT2D eigenvalue weighted by atomic mass is 9.87. The van der Waals surface area contributed by atoms with Gasteiger partial charge in [-0.2, -0.15) is 5.10 Å². The molecule has 1 unspecified atom stereocenters. The number of hydrogen-bond donors (Lipinski definition) is 1. The van der Waals surface area contributed by atoms with Crippen LogP contribution in [0.2, 0.25) is 0 Å². The standard InChI is InChI=1S/C24H27N5O/c1-24(2,3)17-8-10-18(11-9-17)29-23-6-4-5-20(19(23)15-26-29)25-14-16-7-12-21-22(13-16)28-30-27-21/h7-13,15,20,25H,4-6,14H2,1-3H3. The molecule has 1 aliphatic carbocycles. The SMILES string of the molecule is CC(C)(C)c1ccc(-n2ncc3c2CCCC3NCc2ccc3nonc3c2)cc1. The second-order valence-electron chi connectivity index (χ2n) is 9.17. The molecule has 0 aliphatic heterocycles. The minimum atomic E-state index is 0.155. The van der Waals surface area contributed by atoms with Crippen molar-refractivity contribution < 1.29 is 4.63 Å². The van der Waals surface area contributed by atoms with Gasteiger partial charge < -0.3 is 5.32 Å². The number of aromatic nitrogens is 4. The Bertz CT molecular complexity index is 1170. The molecule has 2 aromatic carbocycles. The van der Waals surface area contributed by atoms with Crippen molar-refractivity contribution in [1.29, 1.82) is 0 Å². The Kier molecular flexibility index (Phi) is 4.66. The van der Waals surface area contributed by atoms with Crippen LogP contribution >= 0.6 is 0 Å². The molecule has 5 rings (SSSR count). The van der Waals surface area contributed by atoms with Gasteiger partial charge in [0.15, 0.2) is 0 Å². The van der Waals surface area contributed by atoms with Crippen LogP contribution in [0, 0.1) is 0 Å². The van der Waals surface area contributed by atoms with Gasteiger partial charge in [0.2, 0.25) is 0 Å². The van der Waals surface area contributed by atoms with E-state index in [1.54, 1.807) is 0 Å². The molecule has 0 amide bonds. The first-order chi connectivity index (χ1) is 14.5. The number of benzene rings is 2. The molecule has 0 spiro atoms. The second-order valence-corrected chi connectivity index (χ2v) is 9.17. The molecule has 0 saturated carbocycles. The van der Waals surface area contributed by atoms with Gasteiger partial charge in [0.05, 0.1) is 11.9 Å². The minimum Gasteiger partial charge on any atom is -0.306 e. The molecule has 30 heavy (non-hydrogen) atoms. The van der Waals surface area contributed by atoms with Crippen LogP contribution < -0.4 is 5.32 Å². The van der Waals surface area contributed by atoms with E-state index in [9.17, 15) is 0 Å². The molecule has 6 nitrogen and oxygen atoms in total. The predicted octanol–water partition coefficient (Wildman–Crippen LogP) is 4.87. The molecular formula is C24H27N5O. The van der Waals surface area contributed by atoms with Gasteiger partial charge in [-0.3, -0.25) is 0 Å². The average molecular weight is 402 g/mol. The number of rotatable bonds is 4. The van der Waals surface area contributed by atoms with Crippen molar-refractivity contribution in [2.24, 2.45) is 0 Å². The molecule has 1 atom stereocenters. The zero-order valence-corrected chi connectivity index (χ0v) is 17.7. The van der Waals surface area contributed by atoms with E-state index in [1.165, 1.54) is 22.4 Å². The Labute approximate surface area is 176 Å². The summed E-state index contributed by atoms with van der Waals surface area (Å²) in [5.41, 5.74) is 8.02. The van der Waals surface area contributed by atoms with E-state index in [-0.39, 0.29) is 5.41 Å². The quantitative estimate of drug-likeness (QED) is 0.528. The highest BCUT2D eigenvalue weighted by atomic mass is 16.6. The highest BCUT2D eigenvalue weighted by molar-refractivity contribution is 5.73. The maximum Gasteiger partial charge on any atom is 0.135 e. The van der Waals surface area contributed by atoms with Crippen LogP contribution in [0.1, 0.15) is 62.0 Å². The first-order valence-electron chi connectivity index (χ1n) is 10.6. The topological polar surface area (TPSA) is 68.8 Å². The third kappa shape index (κ3) is 3.52. The first kappa shape index (κ1) is 19.0. The van der Waals surface area contributed by atoms with Gasteiger partial charge in [-0.15, -0.1) is 0 Å². The van der Waals surface area contributed by atoms with Crippen molar-refractivity contribution in [1.82, 2.24) is 25.4 Å². The van der Waals surface area contributed by atoms with E-state index in [0.717, 1.165) is 42.5 Å². The fourth-order valence-corrected chi connectivity index (χ4v) is 4.27. The van der Waals surface area contributed by atoms with Gasteiger partial charge in [0.1, 0.15) is 11.0 Å². The highest BCUT2D eigenvalue weighted by Crippen LogP contribution is 2.32. The normalized spacial score (nSPS) is 16.7. The van der Waals surface area contributed by atoms with Crippen LogP contribution in [0.4, 0.5) is 0 Å². The second kappa shape index (κ2) is 7.36. The summed E-state index contributed by atoms with van der Waals surface area (Å²) in [6.45, 7) is 7.50. The van der Waals surface area contributed by atoms with E-state index < -0.39 is 0 Å². The Balaban J connectivity index is 1.35. The van der Waals surface area contributed by atoms with Gasteiger partial charge in [-0.1, -0.05) is 39.0 Å². The maximum atomic E-state index is 4.80. The zero-order valence-electron chi connectivity index (χ0n) is 17.7. The van der Waals surface area contributed by atoms with E-state index in [4.69, 9.17) is 9.73 Å². The Morgan fingerprint density at radius 1 is 1.07 bits per heavy atom. The van der Waals surface area contributed by atoms with Crippen molar-refractivity contribution in [3.05, 3.63) is 71.0 Å². The van der Waals surface area contributed by atoms with E-state index in [0.29, 0.717) is 6.04 Å². The summed E-state index contributed by atoms with van der Waals surface area (Å²) in [6.07, 6.45) is 5.37. The third-order valence-corrected chi connectivity index (χ3v) is 6.03. The molecule has 0 radical (unpaired) electrons. The Morgan fingerprint density at radius 2 is 1.87 bits per heavy atom. The van der Waals surface area contributed by atoms with Crippen molar-refractivity contribution in [2.75, 3.05) is 0 Å². The third-order valence-electron chi connectivity index (χ3n) is 6.03. The fraction of sp³-hybridized carbons (Fsp3) is 0.375. The molecule has 1 N–H and O–H groups in total. The lowest BCUT2D eigenvalue weighted by Gasteiger charge is -2.24. The van der Waals surface area contributed by atoms with Crippen molar-refractivity contribution in [2.45, 2.75) is 58.0 Å². The first-order valence-corrected chi connectivity index (χ1v) is 10.6. The van der Waals surface area contributed by atoms with E-state index in [2.05, 4.69) is 71.4 Å². The van der Waals surface area contributed by atoms with E-state index >= 15 is 0 Å². The Morgan fingerprint density at radius 3 is 2.67 bits per heavy atom. The summed E-state index contributed by atoms with van der Waals surface area (Å²) in [7, 11) is 0. The molecular weight excluding hydrogens is 374 g/mol. The minimum absolute atomic E-state index is 0.155. The number of hydrogen-bond acceptors (Lipinski definition) is 5. The van der Waals surface area contributed by atoms with Crippen LogP contribution in [0.15, 0.2) is 53.3 Å². The summed E-state index contributed by atoms with van der Waals surface area (Å²) in [5, 5.41) is 16.3. The molecule has 6 heteroatoms. The molecule has 2 aromatic heterocycles. The van der Waals surface area contributed by atoms with Crippen LogP contribution in [0.25, 0.3) is 16.7 Å². The zero-order chi connectivity index (χ0) is 20.7. The van der Waals surface area contributed by atoms with Crippen molar-refractivity contribution in [3.63, 3.8) is 0 Å². The molecule has 4 aromatic rings. The smallest absolute Gasteiger partial charge is 0.135 e. The van der Waals surface area contributed by atoms with Crippen molar-refractivity contribution in [3.8, 4) is 5.69 Å². The lowest BCUT2D eigenvalue weighted by molar-refractivity contribution is 0.315. The van der Waals surface area contributed by atoms with Gasteiger partial charge in [-0.25, -0.2) is 9.31 Å².